The van der Waals surface area contributed by atoms with Crippen molar-refractivity contribution in [1.29, 1.82) is 0 Å². The summed E-state index contributed by atoms with van der Waals surface area (Å²) in [7, 11) is 0. The molecule has 0 spiro atoms. The highest BCUT2D eigenvalue weighted by atomic mass is 16.5. The first-order chi connectivity index (χ1) is 10.2. The molecule has 0 radical (unpaired) electrons. The molecule has 0 saturated heterocycles. The summed E-state index contributed by atoms with van der Waals surface area (Å²) in [4.78, 5) is 30.0. The molecule has 0 saturated carbocycles. The van der Waals surface area contributed by atoms with Gasteiger partial charge in [0.15, 0.2) is 0 Å². The first-order valence-corrected chi connectivity index (χ1v) is 6.84. The van der Waals surface area contributed by atoms with Gasteiger partial charge in [-0.05, 0) is 25.5 Å². The number of rotatable bonds is 6. The Morgan fingerprint density at radius 1 is 1.33 bits per heavy atom. The number of hydrogen-bond donors (Lipinski definition) is 3. The van der Waals surface area contributed by atoms with Gasteiger partial charge in [0, 0.05) is 13.0 Å². The predicted octanol–water partition coefficient (Wildman–Crippen LogP) is 2.03. The van der Waals surface area contributed by atoms with Gasteiger partial charge < -0.3 is 15.0 Å². The smallest absolute Gasteiger partial charge is 0.321 e. The maximum absolute atomic E-state index is 11.7. The monoisotopic (exact) mass is 290 g/mol. The molecule has 0 fully saturated rings. The Balaban J connectivity index is 1.73. The number of aromatic nitrogens is 2. The second kappa shape index (κ2) is 7.28. The third-order valence-corrected chi connectivity index (χ3v) is 2.77. The van der Waals surface area contributed by atoms with Gasteiger partial charge in [-0.25, -0.2) is 9.78 Å². The van der Waals surface area contributed by atoms with Gasteiger partial charge in [0.1, 0.15) is 0 Å². The average Bonchev–Trinajstić information content (AvgIpc) is 2.86. The second-order valence-electron chi connectivity index (χ2n) is 4.39. The Kier molecular flexibility index (Phi) is 5.14. The third kappa shape index (κ3) is 4.48. The minimum absolute atomic E-state index is 0.253. The topological polar surface area (TPSA) is 96.1 Å². The van der Waals surface area contributed by atoms with E-state index >= 15 is 0 Å². The van der Waals surface area contributed by atoms with Crippen LogP contribution in [0, 0.1) is 0 Å². The van der Waals surface area contributed by atoms with Crippen LogP contribution in [0.15, 0.2) is 24.3 Å². The molecule has 2 aromatic rings. The van der Waals surface area contributed by atoms with E-state index in [4.69, 9.17) is 4.74 Å². The van der Waals surface area contributed by atoms with Crippen LogP contribution in [-0.2, 0) is 9.53 Å². The number of nitrogens with zero attached hydrogens (tertiary/aromatic N) is 1. The Bertz CT molecular complexity index is 590. The van der Waals surface area contributed by atoms with Crippen LogP contribution in [0.25, 0.3) is 11.0 Å². The van der Waals surface area contributed by atoms with E-state index < -0.39 is 0 Å². The molecule has 7 nitrogen and oxygen atoms in total. The van der Waals surface area contributed by atoms with Crippen molar-refractivity contribution >= 4 is 29.0 Å². The predicted molar refractivity (Wildman–Crippen MR) is 79.0 cm³/mol. The maximum Gasteiger partial charge on any atom is 0.321 e. The fourth-order valence-electron chi connectivity index (χ4n) is 1.83. The zero-order chi connectivity index (χ0) is 15.1. The van der Waals surface area contributed by atoms with Gasteiger partial charge in [-0.3, -0.25) is 10.1 Å². The molecular weight excluding hydrogens is 272 g/mol. The highest BCUT2D eigenvalue weighted by Gasteiger charge is 2.06. The van der Waals surface area contributed by atoms with Crippen LogP contribution in [0.2, 0.25) is 0 Å². The highest BCUT2D eigenvalue weighted by molar-refractivity contribution is 5.89. The van der Waals surface area contributed by atoms with Crippen LogP contribution in [0.4, 0.5) is 10.7 Å². The molecule has 7 heteroatoms. The first kappa shape index (κ1) is 14.8. The number of nitrogens with one attached hydrogen (secondary N) is 3. The number of urea groups is 1. The largest absolute Gasteiger partial charge is 0.466 e. The van der Waals surface area contributed by atoms with Crippen molar-refractivity contribution in [3.63, 3.8) is 0 Å². The molecule has 1 heterocycles. The van der Waals surface area contributed by atoms with Crippen molar-refractivity contribution in [3.8, 4) is 0 Å². The Hall–Kier alpha value is -2.57. The molecule has 3 N–H and O–H groups in total. The van der Waals surface area contributed by atoms with Gasteiger partial charge in [-0.2, -0.15) is 0 Å². The van der Waals surface area contributed by atoms with Crippen LogP contribution in [0.1, 0.15) is 19.8 Å². The van der Waals surface area contributed by atoms with Crippen molar-refractivity contribution in [2.75, 3.05) is 18.5 Å². The van der Waals surface area contributed by atoms with E-state index in [9.17, 15) is 9.59 Å². The van der Waals surface area contributed by atoms with E-state index in [0.29, 0.717) is 31.9 Å². The number of benzene rings is 1. The number of anilines is 1. The average molecular weight is 290 g/mol. The number of hydrogen-bond acceptors (Lipinski definition) is 4. The summed E-state index contributed by atoms with van der Waals surface area (Å²) in [6, 6.07) is 7.14. The van der Waals surface area contributed by atoms with Gasteiger partial charge in [0.25, 0.3) is 0 Å². The van der Waals surface area contributed by atoms with E-state index in [1.54, 1.807) is 6.92 Å². The molecule has 0 aliphatic rings. The quantitative estimate of drug-likeness (QED) is 0.560. The zero-order valence-electron chi connectivity index (χ0n) is 11.8. The number of imidazole rings is 1. The van der Waals surface area contributed by atoms with Crippen molar-refractivity contribution in [2.45, 2.75) is 19.8 Å². The second-order valence-corrected chi connectivity index (χ2v) is 4.39. The van der Waals surface area contributed by atoms with Gasteiger partial charge in [0.05, 0.1) is 17.6 Å². The van der Waals surface area contributed by atoms with Crippen molar-refractivity contribution in [3.05, 3.63) is 24.3 Å². The van der Waals surface area contributed by atoms with Gasteiger partial charge in [0.2, 0.25) is 5.95 Å². The number of H-pyrrole nitrogens is 1. The standard InChI is InChI=1S/C14H18N4O3/c1-2-21-12(19)8-5-9-15-14(20)18-13-16-10-6-3-4-7-11(10)17-13/h3-4,6-7H,2,5,8-9H2,1H3,(H3,15,16,17,18,20). The van der Waals surface area contributed by atoms with Gasteiger partial charge >= 0.3 is 12.0 Å². The lowest BCUT2D eigenvalue weighted by Gasteiger charge is -2.05. The number of para-hydroxylation sites is 2. The molecule has 21 heavy (non-hydrogen) atoms. The molecule has 1 aromatic carbocycles. The van der Waals surface area contributed by atoms with Crippen molar-refractivity contribution in [1.82, 2.24) is 15.3 Å². The number of amides is 2. The summed E-state index contributed by atoms with van der Waals surface area (Å²) in [5.41, 5.74) is 1.64. The number of carbonyl (C=O) groups is 2. The SMILES string of the molecule is CCOC(=O)CCCNC(=O)Nc1nc2ccccc2[nH]1. The minimum Gasteiger partial charge on any atom is -0.466 e. The van der Waals surface area contributed by atoms with E-state index in [1.165, 1.54) is 0 Å². The summed E-state index contributed by atoms with van der Waals surface area (Å²) >= 11 is 0. The van der Waals surface area contributed by atoms with Gasteiger partial charge in [-0.15, -0.1) is 0 Å². The lowest BCUT2D eigenvalue weighted by Crippen LogP contribution is -2.30. The van der Waals surface area contributed by atoms with Crippen LogP contribution in [0.5, 0.6) is 0 Å². The fraction of sp³-hybridized carbons (Fsp3) is 0.357. The molecule has 2 rings (SSSR count). The summed E-state index contributed by atoms with van der Waals surface area (Å²) in [5, 5.41) is 5.27. The summed E-state index contributed by atoms with van der Waals surface area (Å²) in [5.74, 6) is 0.135. The first-order valence-electron chi connectivity index (χ1n) is 6.84. The number of ether oxygens (including phenoxy) is 1. The van der Waals surface area contributed by atoms with Crippen LogP contribution in [0.3, 0.4) is 0 Å². The molecule has 0 bridgehead atoms. The third-order valence-electron chi connectivity index (χ3n) is 2.77. The summed E-state index contributed by atoms with van der Waals surface area (Å²) in [6.45, 7) is 2.53. The number of fused-ring (bicyclic) bond motifs is 1. The summed E-state index contributed by atoms with van der Waals surface area (Å²) in [6.07, 6.45) is 0.825. The number of esters is 1. The van der Waals surface area contributed by atoms with Crippen LogP contribution >= 0.6 is 0 Å². The minimum atomic E-state index is -0.363. The lowest BCUT2D eigenvalue weighted by molar-refractivity contribution is -0.143. The van der Waals surface area contributed by atoms with E-state index in [-0.39, 0.29) is 12.0 Å². The van der Waals surface area contributed by atoms with Gasteiger partial charge in [-0.1, -0.05) is 12.1 Å². The molecule has 0 aliphatic heterocycles. The molecule has 0 aliphatic carbocycles. The molecular formula is C14H18N4O3. The summed E-state index contributed by atoms with van der Waals surface area (Å²) < 4.78 is 4.80. The van der Waals surface area contributed by atoms with Crippen LogP contribution in [-0.4, -0.2) is 35.1 Å². The van der Waals surface area contributed by atoms with E-state index in [0.717, 1.165) is 11.0 Å². The zero-order valence-corrected chi connectivity index (χ0v) is 11.8. The van der Waals surface area contributed by atoms with Crippen molar-refractivity contribution < 1.29 is 14.3 Å². The Morgan fingerprint density at radius 2 is 2.14 bits per heavy atom. The molecule has 1 aromatic heterocycles. The normalized spacial score (nSPS) is 10.3. The Morgan fingerprint density at radius 3 is 2.90 bits per heavy atom. The molecule has 112 valence electrons. The number of aromatic amines is 1. The lowest BCUT2D eigenvalue weighted by atomic mass is 10.3. The number of carbonyl (C=O) groups excluding carboxylic acids is 2. The fourth-order valence-corrected chi connectivity index (χ4v) is 1.83. The molecule has 2 amide bonds. The Labute approximate surface area is 122 Å². The highest BCUT2D eigenvalue weighted by Crippen LogP contribution is 2.12. The van der Waals surface area contributed by atoms with Crippen LogP contribution < -0.4 is 10.6 Å². The molecule has 0 atom stereocenters. The maximum atomic E-state index is 11.7. The van der Waals surface area contributed by atoms with E-state index in [2.05, 4.69) is 20.6 Å². The van der Waals surface area contributed by atoms with E-state index in [1.807, 2.05) is 24.3 Å². The van der Waals surface area contributed by atoms with Crippen molar-refractivity contribution in [2.24, 2.45) is 0 Å². The molecule has 0 unspecified atom stereocenters.